The Kier molecular flexibility index (Phi) is 6.85. The molecule has 1 amide bonds. The summed E-state index contributed by atoms with van der Waals surface area (Å²) in [6, 6.07) is 12.8. The smallest absolute Gasteiger partial charge is 0.262 e. The van der Waals surface area contributed by atoms with Gasteiger partial charge in [-0.1, -0.05) is 19.1 Å². The minimum atomic E-state index is -3.80. The topological polar surface area (TPSA) is 84.5 Å². The van der Waals surface area contributed by atoms with Crippen molar-refractivity contribution in [2.45, 2.75) is 51.2 Å². The SMILES string of the molecule is CCC(C)NC(=O)c1ccc(S(=O)(=O)Nc2ccccc2OC(C)C)cc1. The lowest BCUT2D eigenvalue weighted by molar-refractivity contribution is 0.0939. The fraction of sp³-hybridized carbons (Fsp3) is 0.350. The normalized spacial score (nSPS) is 12.5. The number of benzene rings is 2. The van der Waals surface area contributed by atoms with Gasteiger partial charge in [-0.25, -0.2) is 8.42 Å². The van der Waals surface area contributed by atoms with E-state index in [0.29, 0.717) is 17.0 Å². The molecular weight excluding hydrogens is 364 g/mol. The minimum absolute atomic E-state index is 0.0556. The molecule has 0 bridgehead atoms. The number of para-hydroxylation sites is 2. The highest BCUT2D eigenvalue weighted by Gasteiger charge is 2.18. The van der Waals surface area contributed by atoms with Crippen LogP contribution in [-0.4, -0.2) is 26.5 Å². The van der Waals surface area contributed by atoms with Crippen LogP contribution in [-0.2, 0) is 10.0 Å². The Morgan fingerprint density at radius 3 is 2.26 bits per heavy atom. The van der Waals surface area contributed by atoms with Crippen molar-refractivity contribution in [1.82, 2.24) is 5.32 Å². The van der Waals surface area contributed by atoms with Crippen LogP contribution in [0.25, 0.3) is 0 Å². The van der Waals surface area contributed by atoms with E-state index in [-0.39, 0.29) is 22.9 Å². The number of anilines is 1. The van der Waals surface area contributed by atoms with E-state index in [4.69, 9.17) is 4.74 Å². The largest absolute Gasteiger partial charge is 0.489 e. The molecule has 1 atom stereocenters. The van der Waals surface area contributed by atoms with Crippen LogP contribution in [0.2, 0.25) is 0 Å². The summed E-state index contributed by atoms with van der Waals surface area (Å²) in [4.78, 5) is 12.2. The summed E-state index contributed by atoms with van der Waals surface area (Å²) in [6.07, 6.45) is 0.735. The number of ether oxygens (including phenoxy) is 1. The molecule has 0 aliphatic rings. The third-order valence-corrected chi connectivity index (χ3v) is 5.29. The highest BCUT2D eigenvalue weighted by atomic mass is 32.2. The second kappa shape index (κ2) is 8.90. The number of carbonyl (C=O) groups is 1. The van der Waals surface area contributed by atoms with Crippen LogP contribution in [0.3, 0.4) is 0 Å². The molecule has 0 aromatic heterocycles. The quantitative estimate of drug-likeness (QED) is 0.718. The monoisotopic (exact) mass is 390 g/mol. The minimum Gasteiger partial charge on any atom is -0.489 e. The first-order valence-corrected chi connectivity index (χ1v) is 10.4. The number of sulfonamides is 1. The molecular formula is C20H26N2O4S. The summed E-state index contributed by atoms with van der Waals surface area (Å²) in [7, 11) is -3.80. The lowest BCUT2D eigenvalue weighted by Crippen LogP contribution is -2.31. The van der Waals surface area contributed by atoms with Crippen molar-refractivity contribution >= 4 is 21.6 Å². The first-order chi connectivity index (χ1) is 12.7. The molecule has 0 saturated heterocycles. The van der Waals surface area contributed by atoms with Gasteiger partial charge in [-0.15, -0.1) is 0 Å². The van der Waals surface area contributed by atoms with Crippen LogP contribution >= 0.6 is 0 Å². The Morgan fingerprint density at radius 2 is 1.67 bits per heavy atom. The fourth-order valence-corrected chi connectivity index (χ4v) is 3.38. The van der Waals surface area contributed by atoms with Gasteiger partial charge in [0.15, 0.2) is 0 Å². The molecule has 0 fully saturated rings. The van der Waals surface area contributed by atoms with E-state index in [1.165, 1.54) is 24.3 Å². The Morgan fingerprint density at radius 1 is 1.04 bits per heavy atom. The maximum atomic E-state index is 12.7. The van der Waals surface area contributed by atoms with Crippen LogP contribution < -0.4 is 14.8 Å². The average Bonchev–Trinajstić information content (AvgIpc) is 2.62. The Labute approximate surface area is 161 Å². The van der Waals surface area contributed by atoms with E-state index < -0.39 is 10.0 Å². The number of hydrogen-bond donors (Lipinski definition) is 2. The first-order valence-electron chi connectivity index (χ1n) is 8.92. The van der Waals surface area contributed by atoms with Crippen molar-refractivity contribution in [1.29, 1.82) is 0 Å². The zero-order chi connectivity index (χ0) is 20.0. The van der Waals surface area contributed by atoms with Gasteiger partial charge in [0.25, 0.3) is 15.9 Å². The summed E-state index contributed by atoms with van der Waals surface area (Å²) in [5.74, 6) is 0.234. The second-order valence-electron chi connectivity index (χ2n) is 6.58. The maximum Gasteiger partial charge on any atom is 0.262 e. The third-order valence-electron chi connectivity index (χ3n) is 3.91. The Balaban J connectivity index is 2.19. The van der Waals surface area contributed by atoms with Gasteiger partial charge >= 0.3 is 0 Å². The van der Waals surface area contributed by atoms with Gasteiger partial charge in [-0.3, -0.25) is 9.52 Å². The van der Waals surface area contributed by atoms with E-state index in [1.54, 1.807) is 24.3 Å². The lowest BCUT2D eigenvalue weighted by Gasteiger charge is -2.16. The van der Waals surface area contributed by atoms with Gasteiger partial charge in [-0.05, 0) is 63.6 Å². The van der Waals surface area contributed by atoms with Gasteiger partial charge in [0, 0.05) is 11.6 Å². The number of amides is 1. The lowest BCUT2D eigenvalue weighted by atomic mass is 10.2. The van der Waals surface area contributed by atoms with Crippen LogP contribution in [0, 0.1) is 0 Å². The molecule has 0 heterocycles. The number of carbonyl (C=O) groups excluding carboxylic acids is 1. The highest BCUT2D eigenvalue weighted by Crippen LogP contribution is 2.27. The molecule has 7 heteroatoms. The summed E-state index contributed by atoms with van der Waals surface area (Å²) < 4.78 is 33.5. The molecule has 6 nitrogen and oxygen atoms in total. The molecule has 146 valence electrons. The summed E-state index contributed by atoms with van der Waals surface area (Å²) in [5, 5.41) is 2.85. The fourth-order valence-electron chi connectivity index (χ4n) is 2.31. The zero-order valence-electron chi connectivity index (χ0n) is 16.0. The van der Waals surface area contributed by atoms with Crippen LogP contribution in [0.4, 0.5) is 5.69 Å². The Hall–Kier alpha value is -2.54. The van der Waals surface area contributed by atoms with Crippen LogP contribution in [0.15, 0.2) is 53.4 Å². The molecule has 2 aromatic carbocycles. The van der Waals surface area contributed by atoms with Crippen LogP contribution in [0.5, 0.6) is 5.75 Å². The molecule has 1 unspecified atom stereocenters. The van der Waals surface area contributed by atoms with Crippen molar-refractivity contribution in [2.24, 2.45) is 0 Å². The van der Waals surface area contributed by atoms with Gasteiger partial charge in [0.05, 0.1) is 16.7 Å². The molecule has 2 aromatic rings. The molecule has 0 aliphatic carbocycles. The van der Waals surface area contributed by atoms with Crippen molar-refractivity contribution in [3.05, 3.63) is 54.1 Å². The van der Waals surface area contributed by atoms with E-state index in [0.717, 1.165) is 6.42 Å². The summed E-state index contributed by atoms with van der Waals surface area (Å²) in [6.45, 7) is 7.63. The van der Waals surface area contributed by atoms with Crippen molar-refractivity contribution in [3.63, 3.8) is 0 Å². The van der Waals surface area contributed by atoms with Crippen molar-refractivity contribution in [3.8, 4) is 5.75 Å². The Bertz CT molecular complexity index is 877. The number of rotatable bonds is 8. The molecule has 27 heavy (non-hydrogen) atoms. The average molecular weight is 391 g/mol. The molecule has 2 N–H and O–H groups in total. The standard InChI is InChI=1S/C20H26N2O4S/c1-5-15(4)21-20(23)16-10-12-17(13-11-16)27(24,25)22-18-8-6-7-9-19(18)26-14(2)3/h6-15,22H,5H2,1-4H3,(H,21,23). The van der Waals surface area contributed by atoms with E-state index in [1.807, 2.05) is 27.7 Å². The number of hydrogen-bond acceptors (Lipinski definition) is 4. The van der Waals surface area contributed by atoms with Crippen LogP contribution in [0.1, 0.15) is 44.5 Å². The van der Waals surface area contributed by atoms with Gasteiger partial charge < -0.3 is 10.1 Å². The van der Waals surface area contributed by atoms with Crippen molar-refractivity contribution < 1.29 is 17.9 Å². The second-order valence-corrected chi connectivity index (χ2v) is 8.26. The first kappa shape index (κ1) is 20.8. The molecule has 0 radical (unpaired) electrons. The predicted molar refractivity (Wildman–Crippen MR) is 107 cm³/mol. The predicted octanol–water partition coefficient (Wildman–Crippen LogP) is 3.80. The van der Waals surface area contributed by atoms with Gasteiger partial charge in [0.2, 0.25) is 0 Å². The van der Waals surface area contributed by atoms with Gasteiger partial charge in [0.1, 0.15) is 5.75 Å². The van der Waals surface area contributed by atoms with E-state index in [9.17, 15) is 13.2 Å². The maximum absolute atomic E-state index is 12.7. The molecule has 0 spiro atoms. The zero-order valence-corrected chi connectivity index (χ0v) is 16.8. The summed E-state index contributed by atoms with van der Waals surface area (Å²) in [5.41, 5.74) is 0.780. The van der Waals surface area contributed by atoms with Crippen molar-refractivity contribution in [2.75, 3.05) is 4.72 Å². The van der Waals surface area contributed by atoms with E-state index >= 15 is 0 Å². The van der Waals surface area contributed by atoms with E-state index in [2.05, 4.69) is 10.0 Å². The third kappa shape index (κ3) is 5.72. The van der Waals surface area contributed by atoms with Gasteiger partial charge in [-0.2, -0.15) is 0 Å². The molecule has 0 saturated carbocycles. The molecule has 2 rings (SSSR count). The summed E-state index contributed by atoms with van der Waals surface area (Å²) >= 11 is 0. The highest BCUT2D eigenvalue weighted by molar-refractivity contribution is 7.92. The number of nitrogens with one attached hydrogen (secondary N) is 2. The molecule has 0 aliphatic heterocycles.